The summed E-state index contributed by atoms with van der Waals surface area (Å²) < 4.78 is 5.01. The zero-order chi connectivity index (χ0) is 21.3. The smallest absolute Gasteiger partial charge is 0.404 e. The van der Waals surface area contributed by atoms with Crippen LogP contribution in [-0.2, 0) is 4.74 Å². The van der Waals surface area contributed by atoms with Crippen molar-refractivity contribution in [1.29, 1.82) is 0 Å². The molecule has 1 amide bonds. The van der Waals surface area contributed by atoms with E-state index in [9.17, 15) is 4.79 Å². The van der Waals surface area contributed by atoms with Gasteiger partial charge in [0.1, 0.15) is 17.2 Å². The van der Waals surface area contributed by atoms with Crippen LogP contribution in [0.5, 0.6) is 0 Å². The van der Waals surface area contributed by atoms with Crippen molar-refractivity contribution >= 4 is 40.5 Å². The van der Waals surface area contributed by atoms with Crippen LogP contribution in [0.4, 0.5) is 16.4 Å². The van der Waals surface area contributed by atoms with E-state index >= 15 is 0 Å². The summed E-state index contributed by atoms with van der Waals surface area (Å²) in [6.07, 6.45) is 4.39. The molecule has 0 radical (unpaired) electrons. The van der Waals surface area contributed by atoms with Gasteiger partial charge in [-0.25, -0.2) is 19.7 Å². The number of pyridine rings is 1. The minimum atomic E-state index is -0.736. The molecule has 1 fully saturated rings. The zero-order valence-corrected chi connectivity index (χ0v) is 17.5. The minimum absolute atomic E-state index is 0.0916. The molecule has 0 unspecified atom stereocenters. The summed E-state index contributed by atoms with van der Waals surface area (Å²) in [6.45, 7) is 3.97. The van der Waals surface area contributed by atoms with Gasteiger partial charge in [-0.05, 0) is 18.9 Å². The Morgan fingerprint density at radius 3 is 2.87 bits per heavy atom. The number of amides is 1. The number of hydrogen-bond donors (Lipinski definition) is 3. The zero-order valence-electron chi connectivity index (χ0n) is 16.8. The van der Waals surface area contributed by atoms with E-state index in [1.807, 2.05) is 6.07 Å². The van der Waals surface area contributed by atoms with Crippen LogP contribution >= 0.6 is 11.6 Å². The monoisotopic (exact) mass is 430 g/mol. The second-order valence-electron chi connectivity index (χ2n) is 7.68. The van der Waals surface area contributed by atoms with Crippen LogP contribution in [0.2, 0.25) is 5.02 Å². The number of primary amides is 1. The Kier molecular flexibility index (Phi) is 5.33. The van der Waals surface area contributed by atoms with Crippen molar-refractivity contribution in [2.45, 2.75) is 19.8 Å². The number of carbonyl (C=O) groups is 1. The molecule has 0 bridgehead atoms. The number of halogens is 1. The van der Waals surface area contributed by atoms with Crippen molar-refractivity contribution < 1.29 is 9.53 Å². The molecule has 4 N–H and O–H groups in total. The molecule has 11 heteroatoms. The number of piperidine rings is 1. The Labute approximate surface area is 178 Å². The van der Waals surface area contributed by atoms with Gasteiger partial charge in [0.25, 0.3) is 0 Å². The lowest BCUT2D eigenvalue weighted by atomic mass is 9.81. The first-order valence-corrected chi connectivity index (χ1v) is 9.99. The number of anilines is 2. The van der Waals surface area contributed by atoms with Crippen molar-refractivity contribution in [2.75, 3.05) is 37.0 Å². The van der Waals surface area contributed by atoms with Crippen molar-refractivity contribution in [3.8, 4) is 11.3 Å². The van der Waals surface area contributed by atoms with Crippen molar-refractivity contribution in [2.24, 2.45) is 11.1 Å². The van der Waals surface area contributed by atoms with E-state index in [0.29, 0.717) is 34.3 Å². The number of aromatic nitrogens is 5. The Hall–Kier alpha value is -3.14. The van der Waals surface area contributed by atoms with E-state index < -0.39 is 6.09 Å². The Balaban J connectivity index is 1.54. The quantitative estimate of drug-likeness (QED) is 0.562. The normalized spacial score (nSPS) is 15.9. The summed E-state index contributed by atoms with van der Waals surface area (Å²) >= 11 is 6.46. The second kappa shape index (κ2) is 7.94. The van der Waals surface area contributed by atoms with E-state index in [1.165, 1.54) is 0 Å². The molecule has 0 aliphatic carbocycles. The van der Waals surface area contributed by atoms with Crippen LogP contribution in [0.1, 0.15) is 19.8 Å². The summed E-state index contributed by atoms with van der Waals surface area (Å²) in [7, 11) is 1.76. The Morgan fingerprint density at radius 1 is 1.40 bits per heavy atom. The number of nitrogens with one attached hydrogen (secondary N) is 2. The number of aromatic amines is 1. The van der Waals surface area contributed by atoms with Crippen LogP contribution in [-0.4, -0.2) is 58.0 Å². The lowest BCUT2D eigenvalue weighted by Gasteiger charge is -2.39. The molecule has 10 nitrogen and oxygen atoms in total. The fourth-order valence-electron chi connectivity index (χ4n) is 3.60. The Morgan fingerprint density at radius 2 is 2.17 bits per heavy atom. The van der Waals surface area contributed by atoms with Crippen LogP contribution in [0.15, 0.2) is 18.5 Å². The Bertz CT molecular complexity index is 1080. The minimum Gasteiger partial charge on any atom is -0.449 e. The van der Waals surface area contributed by atoms with Crippen LogP contribution in [0, 0.1) is 5.41 Å². The number of nitrogens with zero attached hydrogens (tertiary/aromatic N) is 5. The second-order valence-corrected chi connectivity index (χ2v) is 8.05. The maximum Gasteiger partial charge on any atom is 0.404 e. The first-order valence-electron chi connectivity index (χ1n) is 9.61. The molecule has 1 saturated heterocycles. The summed E-state index contributed by atoms with van der Waals surface area (Å²) in [4.78, 5) is 26.5. The van der Waals surface area contributed by atoms with Crippen molar-refractivity contribution in [3.63, 3.8) is 0 Å². The molecule has 4 rings (SSSR count). The van der Waals surface area contributed by atoms with E-state index in [1.54, 1.807) is 19.4 Å². The highest BCUT2D eigenvalue weighted by Gasteiger charge is 2.32. The third-order valence-corrected chi connectivity index (χ3v) is 5.89. The number of carbonyl (C=O) groups excluding carboxylic acids is 1. The lowest BCUT2D eigenvalue weighted by Crippen LogP contribution is -2.42. The highest BCUT2D eigenvalue weighted by molar-refractivity contribution is 6.35. The number of ether oxygens (including phenoxy) is 1. The average molecular weight is 431 g/mol. The molecule has 3 aromatic heterocycles. The summed E-state index contributed by atoms with van der Waals surface area (Å²) in [5, 5.41) is 10.8. The maximum absolute atomic E-state index is 10.9. The molecule has 0 atom stereocenters. The lowest BCUT2D eigenvalue weighted by molar-refractivity contribution is 0.0818. The predicted octanol–water partition coefficient (Wildman–Crippen LogP) is 2.81. The van der Waals surface area contributed by atoms with Gasteiger partial charge < -0.3 is 20.7 Å². The fourth-order valence-corrected chi connectivity index (χ4v) is 3.90. The summed E-state index contributed by atoms with van der Waals surface area (Å²) in [6, 6.07) is 1.81. The van der Waals surface area contributed by atoms with Crippen LogP contribution < -0.4 is 16.0 Å². The van der Waals surface area contributed by atoms with E-state index in [-0.39, 0.29) is 5.41 Å². The summed E-state index contributed by atoms with van der Waals surface area (Å²) in [5.41, 5.74) is 7.62. The SMILES string of the molecule is CNc1nccc(-c2[nH]nc3nc(N4CCC(C)(COC(N)=O)CC4)cnc23)c1Cl. The molecule has 158 valence electrons. The van der Waals surface area contributed by atoms with E-state index in [2.05, 4.69) is 42.3 Å². The topological polar surface area (TPSA) is 135 Å². The molecule has 0 spiro atoms. The van der Waals surface area contributed by atoms with E-state index in [4.69, 9.17) is 22.1 Å². The first-order chi connectivity index (χ1) is 14.4. The van der Waals surface area contributed by atoms with Gasteiger partial charge in [0, 0.05) is 37.3 Å². The number of H-pyrrole nitrogens is 1. The standard InChI is InChI=1S/C19H23ClN8O2/c1-19(10-30-18(21)29)4-7-28(8-5-19)12-9-24-15-14(26-27-17(15)25-12)11-3-6-23-16(22-2)13(11)20/h3,6,9H,4-5,7-8,10H2,1-2H3,(H2,21,29)(H,22,23)(H,25,26,27). The average Bonchev–Trinajstić information content (AvgIpc) is 3.16. The molecule has 30 heavy (non-hydrogen) atoms. The van der Waals surface area contributed by atoms with Crippen LogP contribution in [0.3, 0.4) is 0 Å². The molecule has 4 heterocycles. The van der Waals surface area contributed by atoms with Gasteiger partial charge in [0.15, 0.2) is 0 Å². The van der Waals surface area contributed by atoms with E-state index in [0.717, 1.165) is 37.3 Å². The van der Waals surface area contributed by atoms with Crippen molar-refractivity contribution in [1.82, 2.24) is 25.1 Å². The number of rotatable bonds is 5. The molecular formula is C19H23ClN8O2. The number of hydrogen-bond acceptors (Lipinski definition) is 8. The number of fused-ring (bicyclic) bond motifs is 1. The molecule has 3 aromatic rings. The molecule has 1 aliphatic rings. The molecule has 0 saturated carbocycles. The van der Waals surface area contributed by atoms with Gasteiger partial charge in [-0.15, -0.1) is 0 Å². The van der Waals surface area contributed by atoms with Gasteiger partial charge in [-0.1, -0.05) is 18.5 Å². The molecular weight excluding hydrogens is 408 g/mol. The molecule has 1 aliphatic heterocycles. The summed E-state index contributed by atoms with van der Waals surface area (Å²) in [5.74, 6) is 1.34. The van der Waals surface area contributed by atoms with Crippen LogP contribution in [0.25, 0.3) is 22.4 Å². The third kappa shape index (κ3) is 3.82. The van der Waals surface area contributed by atoms with Crippen molar-refractivity contribution in [3.05, 3.63) is 23.5 Å². The molecule has 0 aromatic carbocycles. The number of nitrogens with two attached hydrogens (primary N) is 1. The van der Waals surface area contributed by atoms with Gasteiger partial charge in [0.2, 0.25) is 5.65 Å². The van der Waals surface area contributed by atoms with Gasteiger partial charge >= 0.3 is 6.09 Å². The fraction of sp³-hybridized carbons (Fsp3) is 0.421. The highest BCUT2D eigenvalue weighted by Crippen LogP contribution is 2.35. The predicted molar refractivity (Wildman–Crippen MR) is 115 cm³/mol. The van der Waals surface area contributed by atoms with Gasteiger partial charge in [-0.3, -0.25) is 5.10 Å². The van der Waals surface area contributed by atoms with Gasteiger partial charge in [0.05, 0.1) is 23.5 Å². The van der Waals surface area contributed by atoms with Gasteiger partial charge in [-0.2, -0.15) is 5.10 Å². The first kappa shape index (κ1) is 20.1. The maximum atomic E-state index is 10.9. The third-order valence-electron chi connectivity index (χ3n) is 5.50. The highest BCUT2D eigenvalue weighted by atomic mass is 35.5. The largest absolute Gasteiger partial charge is 0.449 e.